The lowest BCUT2D eigenvalue weighted by atomic mass is 10.2. The van der Waals surface area contributed by atoms with Gasteiger partial charge in [0.25, 0.3) is 0 Å². The predicted molar refractivity (Wildman–Crippen MR) is 81.6 cm³/mol. The molecule has 3 N–H and O–H groups in total. The molecule has 0 atom stereocenters. The first-order valence-electron chi connectivity index (χ1n) is 7.09. The fraction of sp³-hybridized carbons (Fsp3) is 0.692. The van der Waals surface area contributed by atoms with Crippen LogP contribution < -0.4 is 16.0 Å². The zero-order chi connectivity index (χ0) is 15.4. The zero-order valence-electron chi connectivity index (χ0n) is 12.9. The van der Waals surface area contributed by atoms with Gasteiger partial charge in [0.15, 0.2) is 5.82 Å². The highest BCUT2D eigenvalue weighted by atomic mass is 16.5. The standard InChI is InChI=1S/C13H24N6O2/c1-17(2)8-9-19-11(14)10(13(20)21-3)12(16-19)18-6-4-15-5-7-18/h15H,4-9,14H2,1-3H3. The summed E-state index contributed by atoms with van der Waals surface area (Å²) in [4.78, 5) is 16.2. The molecule has 1 aromatic rings. The highest BCUT2D eigenvalue weighted by molar-refractivity contribution is 5.99. The van der Waals surface area contributed by atoms with E-state index in [-0.39, 0.29) is 0 Å². The normalized spacial score (nSPS) is 15.5. The largest absolute Gasteiger partial charge is 0.465 e. The molecule has 0 saturated carbocycles. The van der Waals surface area contributed by atoms with Crippen LogP contribution in [0.5, 0.6) is 0 Å². The summed E-state index contributed by atoms with van der Waals surface area (Å²) in [5, 5.41) is 7.82. The maximum absolute atomic E-state index is 12.0. The van der Waals surface area contributed by atoms with E-state index < -0.39 is 5.97 Å². The molecule has 0 aromatic carbocycles. The van der Waals surface area contributed by atoms with Crippen LogP contribution in [0.2, 0.25) is 0 Å². The summed E-state index contributed by atoms with van der Waals surface area (Å²) in [6.07, 6.45) is 0. The molecular weight excluding hydrogens is 272 g/mol. The number of methoxy groups -OCH3 is 1. The van der Waals surface area contributed by atoms with Crippen molar-refractivity contribution >= 4 is 17.6 Å². The van der Waals surface area contributed by atoms with Gasteiger partial charge < -0.3 is 25.6 Å². The molecule has 1 aliphatic heterocycles. The smallest absolute Gasteiger partial charge is 0.345 e. The van der Waals surface area contributed by atoms with E-state index in [0.29, 0.717) is 23.7 Å². The Morgan fingerprint density at radius 2 is 2.10 bits per heavy atom. The number of nitrogen functional groups attached to an aromatic ring is 1. The van der Waals surface area contributed by atoms with Gasteiger partial charge in [0.2, 0.25) is 0 Å². The molecule has 0 aliphatic carbocycles. The van der Waals surface area contributed by atoms with Crippen LogP contribution >= 0.6 is 0 Å². The molecule has 0 amide bonds. The Kier molecular flexibility index (Phi) is 5.03. The van der Waals surface area contributed by atoms with E-state index in [9.17, 15) is 4.79 Å². The minimum Gasteiger partial charge on any atom is -0.465 e. The van der Waals surface area contributed by atoms with Gasteiger partial charge in [-0.3, -0.25) is 0 Å². The van der Waals surface area contributed by atoms with Crippen LogP contribution in [0.4, 0.5) is 11.6 Å². The first kappa shape index (κ1) is 15.6. The molecule has 118 valence electrons. The molecule has 0 spiro atoms. The quantitative estimate of drug-likeness (QED) is 0.689. The molecule has 21 heavy (non-hydrogen) atoms. The molecule has 8 heteroatoms. The van der Waals surface area contributed by atoms with Crippen LogP contribution in [0, 0.1) is 0 Å². The van der Waals surface area contributed by atoms with Crippen molar-refractivity contribution in [2.24, 2.45) is 0 Å². The summed E-state index contributed by atoms with van der Waals surface area (Å²) in [5.74, 6) is 0.564. The monoisotopic (exact) mass is 296 g/mol. The third kappa shape index (κ3) is 3.45. The minimum absolute atomic E-state index is 0.372. The molecule has 1 aromatic heterocycles. The Labute approximate surface area is 124 Å². The van der Waals surface area contributed by atoms with Crippen molar-refractivity contribution in [3.8, 4) is 0 Å². The zero-order valence-corrected chi connectivity index (χ0v) is 12.9. The average Bonchev–Trinajstić information content (AvgIpc) is 2.82. The minimum atomic E-state index is -0.433. The number of likely N-dealkylation sites (N-methyl/N-ethyl adjacent to an activating group) is 1. The number of aromatic nitrogens is 2. The summed E-state index contributed by atoms with van der Waals surface area (Å²) in [7, 11) is 5.33. The SMILES string of the molecule is COC(=O)c1c(N2CCNCC2)nn(CCN(C)C)c1N. The van der Waals surface area contributed by atoms with E-state index >= 15 is 0 Å². The number of ether oxygens (including phenoxy) is 1. The van der Waals surface area contributed by atoms with E-state index in [4.69, 9.17) is 10.5 Å². The Morgan fingerprint density at radius 3 is 2.67 bits per heavy atom. The molecule has 0 unspecified atom stereocenters. The van der Waals surface area contributed by atoms with Gasteiger partial charge >= 0.3 is 5.97 Å². The number of rotatable bonds is 5. The van der Waals surface area contributed by atoms with Gasteiger partial charge in [-0.2, -0.15) is 5.10 Å². The van der Waals surface area contributed by atoms with Crippen molar-refractivity contribution in [1.82, 2.24) is 20.0 Å². The topological polar surface area (TPSA) is 88.7 Å². The van der Waals surface area contributed by atoms with Crippen LogP contribution in [0.1, 0.15) is 10.4 Å². The van der Waals surface area contributed by atoms with Gasteiger partial charge in [0, 0.05) is 32.7 Å². The number of nitrogens with two attached hydrogens (primary N) is 1. The average molecular weight is 296 g/mol. The fourth-order valence-electron chi connectivity index (χ4n) is 2.32. The molecule has 8 nitrogen and oxygen atoms in total. The van der Waals surface area contributed by atoms with Crippen molar-refractivity contribution in [2.75, 3.05) is 64.6 Å². The molecule has 1 saturated heterocycles. The number of carbonyl (C=O) groups excluding carboxylic acids is 1. The van der Waals surface area contributed by atoms with Crippen molar-refractivity contribution in [3.63, 3.8) is 0 Å². The second-order valence-corrected chi connectivity index (χ2v) is 5.34. The third-order valence-corrected chi connectivity index (χ3v) is 3.54. The number of hydrogen-bond donors (Lipinski definition) is 2. The number of esters is 1. The number of hydrogen-bond acceptors (Lipinski definition) is 7. The van der Waals surface area contributed by atoms with Gasteiger partial charge in [-0.25, -0.2) is 9.48 Å². The van der Waals surface area contributed by atoms with E-state index in [1.165, 1.54) is 7.11 Å². The van der Waals surface area contributed by atoms with Crippen LogP contribution in [0.15, 0.2) is 0 Å². The fourth-order valence-corrected chi connectivity index (χ4v) is 2.32. The van der Waals surface area contributed by atoms with Crippen molar-refractivity contribution in [3.05, 3.63) is 5.56 Å². The van der Waals surface area contributed by atoms with Gasteiger partial charge in [0.1, 0.15) is 11.4 Å². The number of anilines is 2. The number of nitrogens with zero attached hydrogens (tertiary/aromatic N) is 4. The van der Waals surface area contributed by atoms with Crippen LogP contribution in [0.25, 0.3) is 0 Å². The number of piperazine rings is 1. The molecular formula is C13H24N6O2. The lowest BCUT2D eigenvalue weighted by Crippen LogP contribution is -2.44. The van der Waals surface area contributed by atoms with E-state index in [0.717, 1.165) is 32.7 Å². The van der Waals surface area contributed by atoms with Crippen LogP contribution in [0.3, 0.4) is 0 Å². The van der Waals surface area contributed by atoms with Gasteiger partial charge in [-0.1, -0.05) is 0 Å². The summed E-state index contributed by atoms with van der Waals surface area (Å²) in [6.45, 7) is 4.76. The van der Waals surface area contributed by atoms with E-state index in [1.807, 2.05) is 19.0 Å². The van der Waals surface area contributed by atoms with Gasteiger partial charge in [-0.15, -0.1) is 0 Å². The summed E-state index contributed by atoms with van der Waals surface area (Å²) < 4.78 is 6.55. The Morgan fingerprint density at radius 1 is 1.43 bits per heavy atom. The summed E-state index contributed by atoms with van der Waals surface area (Å²) in [5.41, 5.74) is 6.49. The molecule has 1 aliphatic rings. The lowest BCUT2D eigenvalue weighted by Gasteiger charge is -2.27. The van der Waals surface area contributed by atoms with Crippen LogP contribution in [-0.4, -0.2) is 74.6 Å². The number of nitrogens with one attached hydrogen (secondary N) is 1. The Hall–Kier alpha value is -1.80. The van der Waals surface area contributed by atoms with E-state index in [1.54, 1.807) is 4.68 Å². The third-order valence-electron chi connectivity index (χ3n) is 3.54. The molecule has 0 bridgehead atoms. The van der Waals surface area contributed by atoms with Gasteiger partial charge in [0.05, 0.1) is 13.7 Å². The Bertz CT molecular complexity index is 493. The van der Waals surface area contributed by atoms with Crippen molar-refractivity contribution in [1.29, 1.82) is 0 Å². The molecule has 0 radical (unpaired) electrons. The first-order chi connectivity index (χ1) is 10.0. The lowest BCUT2D eigenvalue weighted by molar-refractivity contribution is 0.0602. The maximum Gasteiger partial charge on any atom is 0.345 e. The molecule has 2 heterocycles. The Balaban J connectivity index is 2.31. The second-order valence-electron chi connectivity index (χ2n) is 5.34. The summed E-state index contributed by atoms with van der Waals surface area (Å²) >= 11 is 0. The first-order valence-corrected chi connectivity index (χ1v) is 7.09. The van der Waals surface area contributed by atoms with Crippen molar-refractivity contribution in [2.45, 2.75) is 6.54 Å². The number of carbonyl (C=O) groups is 1. The highest BCUT2D eigenvalue weighted by Gasteiger charge is 2.27. The van der Waals surface area contributed by atoms with Crippen molar-refractivity contribution < 1.29 is 9.53 Å². The van der Waals surface area contributed by atoms with Crippen LogP contribution in [-0.2, 0) is 11.3 Å². The molecule has 2 rings (SSSR count). The second kappa shape index (κ2) is 6.77. The highest BCUT2D eigenvalue weighted by Crippen LogP contribution is 2.26. The van der Waals surface area contributed by atoms with Gasteiger partial charge in [-0.05, 0) is 14.1 Å². The van der Waals surface area contributed by atoms with E-state index in [2.05, 4.69) is 15.3 Å². The summed E-state index contributed by atoms with van der Waals surface area (Å²) in [6, 6.07) is 0. The maximum atomic E-state index is 12.0. The molecule has 1 fully saturated rings. The predicted octanol–water partition coefficient (Wildman–Crippen LogP) is -0.777.